The lowest BCUT2D eigenvalue weighted by Gasteiger charge is -2.33. The second kappa shape index (κ2) is 4.96. The van der Waals surface area contributed by atoms with Crippen molar-refractivity contribution < 1.29 is 14.3 Å². The highest BCUT2D eigenvalue weighted by Gasteiger charge is 2.26. The number of thioether (sulfide) groups is 1. The molecule has 1 heterocycles. The van der Waals surface area contributed by atoms with E-state index in [0.717, 1.165) is 17.6 Å². The van der Waals surface area contributed by atoms with Crippen LogP contribution in [0, 0.1) is 5.82 Å². The van der Waals surface area contributed by atoms with Crippen molar-refractivity contribution in [2.75, 3.05) is 18.1 Å². The summed E-state index contributed by atoms with van der Waals surface area (Å²) in [7, 11) is 0. The number of carbonyl (C=O) groups is 1. The Morgan fingerprint density at radius 3 is 3.00 bits per heavy atom. The van der Waals surface area contributed by atoms with Gasteiger partial charge in [0, 0.05) is 30.2 Å². The van der Waals surface area contributed by atoms with Crippen molar-refractivity contribution in [3.05, 3.63) is 29.6 Å². The van der Waals surface area contributed by atoms with Gasteiger partial charge in [-0.3, -0.25) is 4.79 Å². The maximum Gasteiger partial charge on any atom is 0.257 e. The van der Waals surface area contributed by atoms with Gasteiger partial charge < -0.3 is 10.0 Å². The van der Waals surface area contributed by atoms with E-state index in [2.05, 4.69) is 0 Å². The van der Waals surface area contributed by atoms with Crippen LogP contribution in [-0.4, -0.2) is 40.0 Å². The van der Waals surface area contributed by atoms with Crippen LogP contribution < -0.4 is 0 Å². The number of phenolic OH excluding ortho intramolecular Hbond substituents is 1. The molecular weight excluding hydrogens is 241 g/mol. The fourth-order valence-corrected chi connectivity index (χ4v) is 2.87. The molecule has 1 aromatic carbocycles. The summed E-state index contributed by atoms with van der Waals surface area (Å²) in [6.07, 6.45) is 0. The first kappa shape index (κ1) is 12.2. The minimum Gasteiger partial charge on any atom is -0.508 e. The van der Waals surface area contributed by atoms with E-state index in [1.807, 2.05) is 6.92 Å². The molecule has 1 aliphatic heterocycles. The summed E-state index contributed by atoms with van der Waals surface area (Å²) in [6.45, 7) is 2.60. The van der Waals surface area contributed by atoms with Crippen LogP contribution in [0.1, 0.15) is 17.3 Å². The summed E-state index contributed by atoms with van der Waals surface area (Å²) >= 11 is 1.80. The number of aromatic hydroxyl groups is 1. The molecule has 1 aromatic rings. The number of amides is 1. The number of hydrogen-bond acceptors (Lipinski definition) is 3. The van der Waals surface area contributed by atoms with Gasteiger partial charge in [0.2, 0.25) is 0 Å². The topological polar surface area (TPSA) is 40.5 Å². The smallest absolute Gasteiger partial charge is 0.257 e. The standard InChI is InChI=1S/C12H14FNO2S/c1-8-7-17-5-4-14(8)12(16)10-3-2-9(15)6-11(10)13/h2-3,6,8,15H,4-5,7H2,1H3. The van der Waals surface area contributed by atoms with Gasteiger partial charge in [-0.25, -0.2) is 4.39 Å². The van der Waals surface area contributed by atoms with E-state index in [9.17, 15) is 9.18 Å². The fraction of sp³-hybridized carbons (Fsp3) is 0.417. The van der Waals surface area contributed by atoms with Gasteiger partial charge in [-0.1, -0.05) is 0 Å². The zero-order valence-corrected chi connectivity index (χ0v) is 10.3. The van der Waals surface area contributed by atoms with Gasteiger partial charge in [-0.05, 0) is 19.1 Å². The molecule has 0 saturated carbocycles. The molecule has 3 nitrogen and oxygen atoms in total. The first-order chi connectivity index (χ1) is 8.09. The van der Waals surface area contributed by atoms with Crippen molar-refractivity contribution in [3.63, 3.8) is 0 Å². The molecule has 1 saturated heterocycles. The van der Waals surface area contributed by atoms with Crippen LogP contribution in [0.2, 0.25) is 0 Å². The fourth-order valence-electron chi connectivity index (χ4n) is 1.86. The normalized spacial score (nSPS) is 20.4. The van der Waals surface area contributed by atoms with Crippen LogP contribution in [0.25, 0.3) is 0 Å². The molecule has 1 fully saturated rings. The Kier molecular flexibility index (Phi) is 3.57. The molecule has 0 bridgehead atoms. The first-order valence-corrected chi connectivity index (χ1v) is 6.62. The highest BCUT2D eigenvalue weighted by Crippen LogP contribution is 2.21. The second-order valence-corrected chi connectivity index (χ2v) is 5.24. The largest absolute Gasteiger partial charge is 0.508 e. The average molecular weight is 255 g/mol. The van der Waals surface area contributed by atoms with Crippen LogP contribution >= 0.6 is 11.8 Å². The molecule has 0 radical (unpaired) electrons. The summed E-state index contributed by atoms with van der Waals surface area (Å²) in [5.74, 6) is 0.637. The quantitative estimate of drug-likeness (QED) is 0.835. The van der Waals surface area contributed by atoms with Gasteiger partial charge >= 0.3 is 0 Å². The molecule has 1 aliphatic rings. The zero-order chi connectivity index (χ0) is 12.4. The van der Waals surface area contributed by atoms with Crippen molar-refractivity contribution in [1.29, 1.82) is 0 Å². The molecule has 1 atom stereocenters. The number of carbonyl (C=O) groups excluding carboxylic acids is 1. The average Bonchev–Trinajstić information content (AvgIpc) is 2.29. The number of nitrogens with zero attached hydrogens (tertiary/aromatic N) is 1. The van der Waals surface area contributed by atoms with E-state index in [4.69, 9.17) is 5.11 Å². The SMILES string of the molecule is CC1CSCCN1C(=O)c1ccc(O)cc1F. The number of rotatable bonds is 1. The third-order valence-electron chi connectivity index (χ3n) is 2.81. The van der Waals surface area contributed by atoms with Gasteiger partial charge in [0.1, 0.15) is 11.6 Å². The molecule has 0 aromatic heterocycles. The maximum absolute atomic E-state index is 13.6. The summed E-state index contributed by atoms with van der Waals surface area (Å²) in [5, 5.41) is 9.11. The Bertz CT molecular complexity index is 439. The van der Waals surface area contributed by atoms with Crippen molar-refractivity contribution in [2.24, 2.45) is 0 Å². The summed E-state index contributed by atoms with van der Waals surface area (Å²) in [6, 6.07) is 3.76. The van der Waals surface area contributed by atoms with Gasteiger partial charge in [-0.2, -0.15) is 11.8 Å². The van der Waals surface area contributed by atoms with Gasteiger partial charge in [0.05, 0.1) is 5.56 Å². The highest BCUT2D eigenvalue weighted by atomic mass is 32.2. The van der Waals surface area contributed by atoms with Crippen molar-refractivity contribution in [1.82, 2.24) is 4.90 Å². The number of benzene rings is 1. The predicted octanol–water partition coefficient (Wildman–Crippen LogP) is 2.11. The zero-order valence-electron chi connectivity index (χ0n) is 9.52. The minimum atomic E-state index is -0.666. The van der Waals surface area contributed by atoms with Crippen LogP contribution in [0.15, 0.2) is 18.2 Å². The molecule has 5 heteroatoms. The van der Waals surface area contributed by atoms with Crippen molar-refractivity contribution in [2.45, 2.75) is 13.0 Å². The van der Waals surface area contributed by atoms with Crippen LogP contribution in [0.4, 0.5) is 4.39 Å². The lowest BCUT2D eigenvalue weighted by Crippen LogP contribution is -2.44. The van der Waals surface area contributed by atoms with Crippen molar-refractivity contribution >= 4 is 17.7 Å². The second-order valence-electron chi connectivity index (χ2n) is 4.09. The van der Waals surface area contributed by atoms with Crippen molar-refractivity contribution in [3.8, 4) is 5.75 Å². The van der Waals surface area contributed by atoms with Gasteiger partial charge in [0.15, 0.2) is 0 Å². The molecule has 1 amide bonds. The lowest BCUT2D eigenvalue weighted by molar-refractivity contribution is 0.0711. The van der Waals surface area contributed by atoms with Crippen LogP contribution in [0.3, 0.4) is 0 Å². The predicted molar refractivity (Wildman–Crippen MR) is 65.9 cm³/mol. The highest BCUT2D eigenvalue weighted by molar-refractivity contribution is 7.99. The van der Waals surface area contributed by atoms with E-state index >= 15 is 0 Å². The molecular formula is C12H14FNO2S. The third-order valence-corrected chi connectivity index (χ3v) is 4.00. The van der Waals surface area contributed by atoms with Gasteiger partial charge in [0.25, 0.3) is 5.91 Å². The lowest BCUT2D eigenvalue weighted by atomic mass is 10.1. The molecule has 92 valence electrons. The molecule has 17 heavy (non-hydrogen) atoms. The summed E-state index contributed by atoms with van der Waals surface area (Å²) < 4.78 is 13.6. The van der Waals surface area contributed by atoms with E-state index < -0.39 is 5.82 Å². The van der Waals surface area contributed by atoms with E-state index in [0.29, 0.717) is 6.54 Å². The summed E-state index contributed by atoms with van der Waals surface area (Å²) in [4.78, 5) is 13.8. The molecule has 0 spiro atoms. The Morgan fingerprint density at radius 1 is 1.59 bits per heavy atom. The van der Waals surface area contributed by atoms with E-state index in [1.165, 1.54) is 12.1 Å². The monoisotopic (exact) mass is 255 g/mol. The molecule has 0 aliphatic carbocycles. The Hall–Kier alpha value is -1.23. The molecule has 1 N–H and O–H groups in total. The Morgan fingerprint density at radius 2 is 2.35 bits per heavy atom. The molecule has 2 rings (SSSR count). The minimum absolute atomic E-state index is 0.0292. The number of halogens is 1. The van der Waals surface area contributed by atoms with Crippen LogP contribution in [-0.2, 0) is 0 Å². The number of phenols is 1. The summed E-state index contributed by atoms with van der Waals surface area (Å²) in [5.41, 5.74) is 0.0292. The number of hydrogen-bond donors (Lipinski definition) is 1. The maximum atomic E-state index is 13.6. The van der Waals surface area contributed by atoms with E-state index in [1.54, 1.807) is 16.7 Å². The van der Waals surface area contributed by atoms with Gasteiger partial charge in [-0.15, -0.1) is 0 Å². The third kappa shape index (κ3) is 2.54. The Balaban J connectivity index is 2.24. The Labute approximate surface area is 104 Å². The first-order valence-electron chi connectivity index (χ1n) is 5.47. The van der Waals surface area contributed by atoms with E-state index in [-0.39, 0.29) is 23.3 Å². The molecule has 1 unspecified atom stereocenters. The van der Waals surface area contributed by atoms with Crippen LogP contribution in [0.5, 0.6) is 5.75 Å².